The monoisotopic (exact) mass is 391 g/mol. The molecule has 2 fully saturated rings. The zero-order valence-corrected chi connectivity index (χ0v) is 16.3. The van der Waals surface area contributed by atoms with Gasteiger partial charge in [-0.05, 0) is 24.6 Å². The van der Waals surface area contributed by atoms with Gasteiger partial charge in [-0.2, -0.15) is 0 Å². The molecule has 146 valence electrons. The summed E-state index contributed by atoms with van der Waals surface area (Å²) in [6, 6.07) is 7.92. The summed E-state index contributed by atoms with van der Waals surface area (Å²) in [5.74, 6) is 1.45. The summed E-state index contributed by atoms with van der Waals surface area (Å²) in [5.41, 5.74) is 0.984. The summed E-state index contributed by atoms with van der Waals surface area (Å²) < 4.78 is 30.7. The van der Waals surface area contributed by atoms with Crippen LogP contribution in [0.1, 0.15) is 6.42 Å². The molecule has 0 saturated carbocycles. The number of piperazine rings is 1. The quantitative estimate of drug-likeness (QED) is 0.777. The maximum atomic E-state index is 12.8. The fourth-order valence-corrected chi connectivity index (χ4v) is 5.92. The molecule has 27 heavy (non-hydrogen) atoms. The van der Waals surface area contributed by atoms with E-state index < -0.39 is 9.84 Å². The van der Waals surface area contributed by atoms with Crippen molar-refractivity contribution in [3.05, 3.63) is 30.5 Å². The van der Waals surface area contributed by atoms with Gasteiger partial charge in [-0.3, -0.25) is 9.69 Å². The number of ether oxygens (including phenoxy) is 1. The molecule has 1 atom stereocenters. The molecule has 3 heterocycles. The summed E-state index contributed by atoms with van der Waals surface area (Å²) in [5, 5.41) is 1.00. The molecule has 0 bridgehead atoms. The Balaban J connectivity index is 1.38. The van der Waals surface area contributed by atoms with Gasteiger partial charge in [0, 0.05) is 43.8 Å². The number of carbonyl (C=O) groups is 1. The molecule has 1 amide bonds. The van der Waals surface area contributed by atoms with Crippen molar-refractivity contribution in [1.29, 1.82) is 0 Å². The Morgan fingerprint density at radius 3 is 2.63 bits per heavy atom. The molecule has 2 aliphatic rings. The second-order valence-electron chi connectivity index (χ2n) is 7.31. The summed E-state index contributed by atoms with van der Waals surface area (Å²) in [6.07, 6.45) is 2.64. The van der Waals surface area contributed by atoms with Crippen molar-refractivity contribution in [3.8, 4) is 5.75 Å². The standard InChI is InChI=1S/C19H25N3O4S/c1-26-18-4-2-3-17-16(18)5-7-22(17)13-19(23)21-10-8-20(9-11-21)15-6-12-27(24,25)14-15/h2-5,7,15H,6,8-14H2,1H3/t15-/m1/s1. The number of aromatic nitrogens is 1. The topological polar surface area (TPSA) is 71.8 Å². The Bertz CT molecular complexity index is 945. The SMILES string of the molecule is COc1cccc2c1ccn2CC(=O)N1CCN([C@@H]2CCS(=O)(=O)C2)CC1. The minimum Gasteiger partial charge on any atom is -0.496 e. The van der Waals surface area contributed by atoms with E-state index in [0.29, 0.717) is 31.8 Å². The number of amides is 1. The van der Waals surface area contributed by atoms with E-state index in [4.69, 9.17) is 4.74 Å². The lowest BCUT2D eigenvalue weighted by Gasteiger charge is -2.37. The van der Waals surface area contributed by atoms with Gasteiger partial charge in [0.1, 0.15) is 12.3 Å². The smallest absolute Gasteiger partial charge is 0.242 e. The van der Waals surface area contributed by atoms with Crippen molar-refractivity contribution < 1.29 is 17.9 Å². The van der Waals surface area contributed by atoms with Crippen LogP contribution in [0.25, 0.3) is 10.9 Å². The van der Waals surface area contributed by atoms with Gasteiger partial charge >= 0.3 is 0 Å². The van der Waals surface area contributed by atoms with Crippen LogP contribution in [-0.2, 0) is 21.2 Å². The first-order valence-electron chi connectivity index (χ1n) is 9.31. The van der Waals surface area contributed by atoms with Gasteiger partial charge < -0.3 is 14.2 Å². The molecule has 4 rings (SSSR count). The summed E-state index contributed by atoms with van der Waals surface area (Å²) >= 11 is 0. The maximum absolute atomic E-state index is 12.8. The number of fused-ring (bicyclic) bond motifs is 1. The fourth-order valence-electron chi connectivity index (χ4n) is 4.16. The van der Waals surface area contributed by atoms with Gasteiger partial charge in [0.2, 0.25) is 5.91 Å². The average molecular weight is 391 g/mol. The zero-order chi connectivity index (χ0) is 19.0. The van der Waals surface area contributed by atoms with Crippen molar-refractivity contribution in [1.82, 2.24) is 14.4 Å². The average Bonchev–Trinajstić information content (AvgIpc) is 3.25. The first-order valence-corrected chi connectivity index (χ1v) is 11.1. The van der Waals surface area contributed by atoms with E-state index in [1.165, 1.54) is 0 Å². The van der Waals surface area contributed by atoms with E-state index in [1.807, 2.05) is 39.9 Å². The molecule has 0 spiro atoms. The van der Waals surface area contributed by atoms with Crippen molar-refractivity contribution in [2.45, 2.75) is 19.0 Å². The Hall–Kier alpha value is -2.06. The van der Waals surface area contributed by atoms with Crippen LogP contribution in [0.4, 0.5) is 0 Å². The van der Waals surface area contributed by atoms with E-state index >= 15 is 0 Å². The number of benzene rings is 1. The number of carbonyl (C=O) groups excluding carboxylic acids is 1. The highest BCUT2D eigenvalue weighted by Crippen LogP contribution is 2.26. The molecule has 0 N–H and O–H groups in total. The number of sulfone groups is 1. The van der Waals surface area contributed by atoms with Gasteiger partial charge in [-0.25, -0.2) is 8.42 Å². The highest BCUT2D eigenvalue weighted by Gasteiger charge is 2.34. The maximum Gasteiger partial charge on any atom is 0.242 e. The lowest BCUT2D eigenvalue weighted by molar-refractivity contribution is -0.133. The van der Waals surface area contributed by atoms with Crippen molar-refractivity contribution in [2.24, 2.45) is 0 Å². The van der Waals surface area contributed by atoms with E-state index in [-0.39, 0.29) is 17.7 Å². The van der Waals surface area contributed by atoms with Gasteiger partial charge in [0.05, 0.1) is 24.1 Å². The Labute approximate surface area is 159 Å². The summed E-state index contributed by atoms with van der Waals surface area (Å²) in [6.45, 7) is 3.09. The highest BCUT2D eigenvalue weighted by atomic mass is 32.2. The molecule has 8 heteroatoms. The number of rotatable bonds is 4. The number of hydrogen-bond acceptors (Lipinski definition) is 5. The molecular weight excluding hydrogens is 366 g/mol. The van der Waals surface area contributed by atoms with Gasteiger partial charge in [0.15, 0.2) is 9.84 Å². The van der Waals surface area contributed by atoms with Crippen LogP contribution < -0.4 is 4.74 Å². The molecule has 0 radical (unpaired) electrons. The Kier molecular flexibility index (Phi) is 4.86. The van der Waals surface area contributed by atoms with E-state index in [9.17, 15) is 13.2 Å². The zero-order valence-electron chi connectivity index (χ0n) is 15.5. The minimum absolute atomic E-state index is 0.0917. The largest absolute Gasteiger partial charge is 0.496 e. The third-order valence-corrected chi connectivity index (χ3v) is 7.44. The lowest BCUT2D eigenvalue weighted by Crippen LogP contribution is -2.52. The molecule has 0 aliphatic carbocycles. The first kappa shape index (κ1) is 18.3. The molecule has 1 aromatic heterocycles. The normalized spacial score (nSPS) is 23.0. The first-order chi connectivity index (χ1) is 13.0. The van der Waals surface area contributed by atoms with E-state index in [0.717, 1.165) is 29.7 Å². The van der Waals surface area contributed by atoms with Crippen LogP contribution in [0.2, 0.25) is 0 Å². The molecule has 2 saturated heterocycles. The van der Waals surface area contributed by atoms with Gasteiger partial charge in [0.25, 0.3) is 0 Å². The van der Waals surface area contributed by atoms with Crippen molar-refractivity contribution in [2.75, 3.05) is 44.8 Å². The summed E-state index contributed by atoms with van der Waals surface area (Å²) in [4.78, 5) is 16.9. The van der Waals surface area contributed by atoms with Crippen molar-refractivity contribution >= 4 is 26.6 Å². The number of hydrogen-bond donors (Lipinski definition) is 0. The predicted molar refractivity (Wildman–Crippen MR) is 104 cm³/mol. The van der Waals surface area contributed by atoms with Crippen molar-refractivity contribution in [3.63, 3.8) is 0 Å². The third kappa shape index (κ3) is 3.68. The predicted octanol–water partition coefficient (Wildman–Crippen LogP) is 0.981. The Morgan fingerprint density at radius 2 is 1.96 bits per heavy atom. The second kappa shape index (κ2) is 7.16. The molecular formula is C19H25N3O4S. The van der Waals surface area contributed by atoms with Crippen LogP contribution in [0.15, 0.2) is 30.5 Å². The van der Waals surface area contributed by atoms with Crippen LogP contribution in [-0.4, -0.2) is 79.5 Å². The third-order valence-electron chi connectivity index (χ3n) is 5.69. The van der Waals surface area contributed by atoms with E-state index in [1.54, 1.807) is 7.11 Å². The van der Waals surface area contributed by atoms with Crippen LogP contribution in [0.5, 0.6) is 5.75 Å². The number of nitrogens with zero attached hydrogens (tertiary/aromatic N) is 3. The van der Waals surface area contributed by atoms with Gasteiger partial charge in [-0.15, -0.1) is 0 Å². The Morgan fingerprint density at radius 1 is 1.19 bits per heavy atom. The summed E-state index contributed by atoms with van der Waals surface area (Å²) in [7, 11) is -1.23. The van der Waals surface area contributed by atoms with Crippen LogP contribution in [0, 0.1) is 0 Å². The fraction of sp³-hybridized carbons (Fsp3) is 0.526. The van der Waals surface area contributed by atoms with E-state index in [2.05, 4.69) is 4.90 Å². The second-order valence-corrected chi connectivity index (χ2v) is 9.54. The molecule has 0 unspecified atom stereocenters. The molecule has 2 aliphatic heterocycles. The minimum atomic E-state index is -2.87. The van der Waals surface area contributed by atoms with Crippen LogP contribution >= 0.6 is 0 Å². The lowest BCUT2D eigenvalue weighted by atomic mass is 10.2. The number of methoxy groups -OCH3 is 1. The molecule has 1 aromatic carbocycles. The van der Waals surface area contributed by atoms with Crippen LogP contribution in [0.3, 0.4) is 0 Å². The van der Waals surface area contributed by atoms with Gasteiger partial charge in [-0.1, -0.05) is 6.07 Å². The molecule has 7 nitrogen and oxygen atoms in total. The molecule has 2 aromatic rings. The highest BCUT2D eigenvalue weighted by molar-refractivity contribution is 7.91.